The molecule has 2 aliphatic heterocycles. The van der Waals surface area contributed by atoms with Crippen molar-refractivity contribution in [1.82, 2.24) is 9.80 Å². The number of carbonyl (C=O) groups is 1. The number of fused-ring (bicyclic) bond motifs is 4. The van der Waals surface area contributed by atoms with E-state index >= 15 is 0 Å². The molecule has 2 aliphatic rings. The van der Waals surface area contributed by atoms with Crippen molar-refractivity contribution in [1.29, 1.82) is 0 Å². The molecule has 0 N–H and O–H groups in total. The molecule has 1 atom stereocenters. The number of rotatable bonds is 7. The lowest BCUT2D eigenvalue weighted by atomic mass is 9.97. The maximum Gasteiger partial charge on any atom is 0.290 e. The third-order valence-electron chi connectivity index (χ3n) is 7.62. The topological polar surface area (TPSA) is 90.7 Å². The summed E-state index contributed by atoms with van der Waals surface area (Å²) in [6.45, 7) is 3.93. The first-order valence-electron chi connectivity index (χ1n) is 12.9. The van der Waals surface area contributed by atoms with Crippen molar-refractivity contribution in [2.75, 3.05) is 60.7 Å². The highest BCUT2D eigenvalue weighted by Crippen LogP contribution is 2.45. The molecule has 0 radical (unpaired) electrons. The van der Waals surface area contributed by atoms with E-state index in [4.69, 9.17) is 23.4 Å². The van der Waals surface area contributed by atoms with Crippen LogP contribution >= 0.6 is 0 Å². The van der Waals surface area contributed by atoms with Crippen LogP contribution in [-0.2, 0) is 4.74 Å². The van der Waals surface area contributed by atoms with Gasteiger partial charge in [-0.25, -0.2) is 0 Å². The van der Waals surface area contributed by atoms with Gasteiger partial charge in [0, 0.05) is 31.6 Å². The minimum absolute atomic E-state index is 0.0737. The standard InChI is InChI=1S/C30H30N2O7/c1-35-22-16-19(17-23(36-2)28(22)37-3)25-24-26(33)21-9-8-18-6-4-5-7-20(18)27(21)39-29(24)30(34)32(25)11-10-31-12-14-38-15-13-31/h4-9,16-17,25H,10-15H2,1-3H3. The van der Waals surface area contributed by atoms with E-state index in [0.29, 0.717) is 65.6 Å². The van der Waals surface area contributed by atoms with E-state index in [0.717, 1.165) is 23.9 Å². The zero-order valence-corrected chi connectivity index (χ0v) is 22.2. The molecular weight excluding hydrogens is 500 g/mol. The minimum atomic E-state index is -0.686. The average molecular weight is 531 g/mol. The second-order valence-corrected chi connectivity index (χ2v) is 9.65. The summed E-state index contributed by atoms with van der Waals surface area (Å²) in [7, 11) is 4.62. The van der Waals surface area contributed by atoms with Crippen molar-refractivity contribution in [2.24, 2.45) is 0 Å². The Morgan fingerprint density at radius 2 is 1.59 bits per heavy atom. The fourth-order valence-electron chi connectivity index (χ4n) is 5.66. The molecule has 202 valence electrons. The summed E-state index contributed by atoms with van der Waals surface area (Å²) >= 11 is 0. The maximum absolute atomic E-state index is 14.1. The quantitative estimate of drug-likeness (QED) is 0.333. The number of amides is 1. The molecule has 0 bridgehead atoms. The van der Waals surface area contributed by atoms with E-state index in [1.807, 2.05) is 30.3 Å². The van der Waals surface area contributed by atoms with E-state index in [-0.39, 0.29) is 17.1 Å². The van der Waals surface area contributed by atoms with Crippen molar-refractivity contribution in [3.05, 3.63) is 75.6 Å². The van der Waals surface area contributed by atoms with Gasteiger partial charge in [0.1, 0.15) is 5.58 Å². The number of methoxy groups -OCH3 is 3. The highest BCUT2D eigenvalue weighted by atomic mass is 16.5. The van der Waals surface area contributed by atoms with Gasteiger partial charge in [0.2, 0.25) is 11.5 Å². The van der Waals surface area contributed by atoms with Crippen LogP contribution in [0.3, 0.4) is 0 Å². The minimum Gasteiger partial charge on any atom is -0.493 e. The van der Waals surface area contributed by atoms with Crippen LogP contribution in [0, 0.1) is 0 Å². The third-order valence-corrected chi connectivity index (χ3v) is 7.62. The van der Waals surface area contributed by atoms with Crippen LogP contribution in [0.4, 0.5) is 0 Å². The number of benzene rings is 3. The summed E-state index contributed by atoms with van der Waals surface area (Å²) in [5, 5.41) is 2.16. The van der Waals surface area contributed by atoms with Crippen molar-refractivity contribution >= 4 is 27.6 Å². The molecular formula is C30H30N2O7. The van der Waals surface area contributed by atoms with Crippen LogP contribution in [0.25, 0.3) is 21.7 Å². The van der Waals surface area contributed by atoms with Crippen LogP contribution in [-0.4, -0.2) is 76.4 Å². The van der Waals surface area contributed by atoms with Crippen LogP contribution in [0.1, 0.15) is 27.7 Å². The second-order valence-electron chi connectivity index (χ2n) is 9.65. The summed E-state index contributed by atoms with van der Waals surface area (Å²) in [6, 6.07) is 14.3. The molecule has 1 amide bonds. The molecule has 6 rings (SSSR count). The van der Waals surface area contributed by atoms with Crippen molar-refractivity contribution in [2.45, 2.75) is 6.04 Å². The lowest BCUT2D eigenvalue weighted by molar-refractivity contribution is 0.0314. The Morgan fingerprint density at radius 1 is 0.872 bits per heavy atom. The normalized spacial score (nSPS) is 17.6. The monoisotopic (exact) mass is 530 g/mol. The molecule has 39 heavy (non-hydrogen) atoms. The number of nitrogens with zero attached hydrogens (tertiary/aromatic N) is 2. The average Bonchev–Trinajstić information content (AvgIpc) is 3.27. The van der Waals surface area contributed by atoms with E-state index in [2.05, 4.69) is 4.90 Å². The van der Waals surface area contributed by atoms with Gasteiger partial charge in [0.15, 0.2) is 16.9 Å². The van der Waals surface area contributed by atoms with Crippen LogP contribution < -0.4 is 19.6 Å². The Kier molecular flexibility index (Phi) is 6.62. The number of morpholine rings is 1. The number of carbonyl (C=O) groups excluding carboxylic acids is 1. The van der Waals surface area contributed by atoms with Gasteiger partial charge >= 0.3 is 0 Å². The molecule has 1 fully saturated rings. The fourth-order valence-corrected chi connectivity index (χ4v) is 5.66. The Labute approximate surface area is 225 Å². The SMILES string of the molecule is COc1cc(C2c3c(oc4c(ccc5ccccc54)c3=O)C(=O)N2CCN2CCOCC2)cc(OC)c1OC. The van der Waals surface area contributed by atoms with E-state index < -0.39 is 6.04 Å². The van der Waals surface area contributed by atoms with Gasteiger partial charge in [-0.3, -0.25) is 14.5 Å². The van der Waals surface area contributed by atoms with Crippen molar-refractivity contribution in [3.63, 3.8) is 0 Å². The smallest absolute Gasteiger partial charge is 0.290 e. The number of ether oxygens (including phenoxy) is 4. The predicted molar refractivity (Wildman–Crippen MR) is 146 cm³/mol. The fraction of sp³-hybridized carbons (Fsp3) is 0.333. The van der Waals surface area contributed by atoms with E-state index in [1.165, 1.54) is 21.3 Å². The molecule has 4 aromatic rings. The van der Waals surface area contributed by atoms with Crippen LogP contribution in [0.15, 0.2) is 57.7 Å². The van der Waals surface area contributed by atoms with Crippen molar-refractivity contribution < 1.29 is 28.2 Å². The summed E-state index contributed by atoms with van der Waals surface area (Å²) in [6.07, 6.45) is 0. The first-order valence-corrected chi connectivity index (χ1v) is 12.9. The Bertz CT molecular complexity index is 1600. The number of hydrogen-bond donors (Lipinski definition) is 0. The summed E-state index contributed by atoms with van der Waals surface area (Å²) in [5.41, 5.74) is 1.19. The molecule has 1 unspecified atom stereocenters. The summed E-state index contributed by atoms with van der Waals surface area (Å²) in [5.74, 6) is 1.08. The molecule has 0 saturated carbocycles. The molecule has 0 aliphatic carbocycles. The lowest BCUT2D eigenvalue weighted by Crippen LogP contribution is -2.42. The summed E-state index contributed by atoms with van der Waals surface area (Å²) < 4.78 is 28.5. The largest absolute Gasteiger partial charge is 0.493 e. The van der Waals surface area contributed by atoms with Crippen LogP contribution in [0.5, 0.6) is 17.2 Å². The zero-order chi connectivity index (χ0) is 27.1. The first kappa shape index (κ1) is 25.2. The molecule has 0 spiro atoms. The predicted octanol–water partition coefficient (Wildman–Crippen LogP) is 3.85. The third kappa shape index (κ3) is 4.18. The van der Waals surface area contributed by atoms with Crippen LogP contribution in [0.2, 0.25) is 0 Å². The first-order chi connectivity index (χ1) is 19.0. The van der Waals surface area contributed by atoms with E-state index in [1.54, 1.807) is 23.1 Å². The highest BCUT2D eigenvalue weighted by Gasteiger charge is 2.43. The molecule has 3 heterocycles. The van der Waals surface area contributed by atoms with Gasteiger partial charge in [-0.1, -0.05) is 30.3 Å². The molecule has 1 aromatic heterocycles. The van der Waals surface area contributed by atoms with E-state index in [9.17, 15) is 9.59 Å². The van der Waals surface area contributed by atoms with Gasteiger partial charge in [0.25, 0.3) is 5.91 Å². The molecule has 9 nitrogen and oxygen atoms in total. The Balaban J connectivity index is 1.54. The lowest BCUT2D eigenvalue weighted by Gasteiger charge is -2.31. The van der Waals surface area contributed by atoms with Gasteiger partial charge in [-0.05, 0) is 29.1 Å². The maximum atomic E-state index is 14.1. The zero-order valence-electron chi connectivity index (χ0n) is 22.2. The Morgan fingerprint density at radius 3 is 2.28 bits per heavy atom. The molecule has 1 saturated heterocycles. The van der Waals surface area contributed by atoms with Gasteiger partial charge in [0.05, 0.1) is 51.5 Å². The second kappa shape index (κ2) is 10.2. The highest BCUT2D eigenvalue weighted by molar-refractivity contribution is 6.06. The van der Waals surface area contributed by atoms with Gasteiger partial charge in [-0.15, -0.1) is 0 Å². The van der Waals surface area contributed by atoms with Gasteiger partial charge < -0.3 is 28.3 Å². The Hall–Kier alpha value is -4.08. The molecule has 3 aromatic carbocycles. The van der Waals surface area contributed by atoms with Gasteiger partial charge in [-0.2, -0.15) is 0 Å². The number of hydrogen-bond acceptors (Lipinski definition) is 8. The molecule has 9 heteroatoms. The van der Waals surface area contributed by atoms with Crippen molar-refractivity contribution in [3.8, 4) is 17.2 Å². The summed E-state index contributed by atoms with van der Waals surface area (Å²) in [4.78, 5) is 32.1.